The van der Waals surface area contributed by atoms with Gasteiger partial charge in [0.25, 0.3) is 0 Å². The SMILES string of the molecule is CCCCCCCCO[C@H]1CC[C@H](CCc2ccc(C#N)c(F)c2F)CC1. The van der Waals surface area contributed by atoms with Crippen LogP contribution in [0.3, 0.4) is 0 Å². The smallest absolute Gasteiger partial charge is 0.176 e. The fourth-order valence-electron chi connectivity index (χ4n) is 3.95. The van der Waals surface area contributed by atoms with Gasteiger partial charge in [-0.3, -0.25) is 0 Å². The highest BCUT2D eigenvalue weighted by Gasteiger charge is 2.22. The summed E-state index contributed by atoms with van der Waals surface area (Å²) in [4.78, 5) is 0. The third kappa shape index (κ3) is 7.22. The Kier molecular flexibility index (Phi) is 9.77. The molecule has 150 valence electrons. The molecule has 1 saturated carbocycles. The molecule has 1 fully saturated rings. The fraction of sp³-hybridized carbons (Fsp3) is 0.696. The molecule has 2 rings (SSSR count). The van der Waals surface area contributed by atoms with Crippen molar-refractivity contribution in [3.63, 3.8) is 0 Å². The topological polar surface area (TPSA) is 33.0 Å². The third-order valence-corrected chi connectivity index (χ3v) is 5.75. The van der Waals surface area contributed by atoms with Crippen molar-refractivity contribution in [1.82, 2.24) is 0 Å². The lowest BCUT2D eigenvalue weighted by Gasteiger charge is -2.28. The van der Waals surface area contributed by atoms with Crippen LogP contribution in [0.4, 0.5) is 8.78 Å². The first-order valence-corrected chi connectivity index (χ1v) is 10.6. The van der Waals surface area contributed by atoms with E-state index in [9.17, 15) is 8.78 Å². The molecule has 1 aliphatic rings. The zero-order valence-corrected chi connectivity index (χ0v) is 16.6. The monoisotopic (exact) mass is 377 g/mol. The molecule has 4 heteroatoms. The van der Waals surface area contributed by atoms with Gasteiger partial charge >= 0.3 is 0 Å². The van der Waals surface area contributed by atoms with E-state index in [0.717, 1.165) is 45.1 Å². The molecular weight excluding hydrogens is 344 g/mol. The number of benzene rings is 1. The molecule has 0 aromatic heterocycles. The van der Waals surface area contributed by atoms with Gasteiger partial charge in [0.15, 0.2) is 11.6 Å². The van der Waals surface area contributed by atoms with E-state index in [1.165, 1.54) is 38.2 Å². The Balaban J connectivity index is 1.61. The van der Waals surface area contributed by atoms with E-state index in [-0.39, 0.29) is 5.56 Å². The number of hydrogen-bond acceptors (Lipinski definition) is 2. The van der Waals surface area contributed by atoms with Crippen LogP contribution in [-0.2, 0) is 11.2 Å². The minimum atomic E-state index is -1.01. The van der Waals surface area contributed by atoms with Crippen LogP contribution in [-0.4, -0.2) is 12.7 Å². The molecule has 0 atom stereocenters. The van der Waals surface area contributed by atoms with E-state index in [0.29, 0.717) is 24.0 Å². The molecule has 0 radical (unpaired) electrons. The van der Waals surface area contributed by atoms with Gasteiger partial charge < -0.3 is 4.74 Å². The zero-order chi connectivity index (χ0) is 19.5. The number of aryl methyl sites for hydroxylation is 1. The van der Waals surface area contributed by atoms with Gasteiger partial charge in [0.2, 0.25) is 0 Å². The molecule has 0 bridgehead atoms. The fourth-order valence-corrected chi connectivity index (χ4v) is 3.95. The highest BCUT2D eigenvalue weighted by Crippen LogP contribution is 2.30. The van der Waals surface area contributed by atoms with Crippen molar-refractivity contribution in [2.45, 2.75) is 90.1 Å². The van der Waals surface area contributed by atoms with Crippen LogP contribution in [0.25, 0.3) is 0 Å². The van der Waals surface area contributed by atoms with Crippen LogP contribution in [0, 0.1) is 28.9 Å². The number of rotatable bonds is 11. The van der Waals surface area contributed by atoms with Crippen molar-refractivity contribution in [3.05, 3.63) is 34.9 Å². The van der Waals surface area contributed by atoms with E-state index >= 15 is 0 Å². The highest BCUT2D eigenvalue weighted by atomic mass is 19.2. The Hall–Kier alpha value is -1.47. The second kappa shape index (κ2) is 12.1. The summed E-state index contributed by atoms with van der Waals surface area (Å²) in [5.41, 5.74) is 0.159. The minimum Gasteiger partial charge on any atom is -0.378 e. The summed E-state index contributed by atoms with van der Waals surface area (Å²) in [5, 5.41) is 8.75. The molecule has 1 aromatic carbocycles. The molecule has 0 amide bonds. The van der Waals surface area contributed by atoms with Crippen molar-refractivity contribution < 1.29 is 13.5 Å². The Morgan fingerprint density at radius 1 is 1.00 bits per heavy atom. The second-order valence-electron chi connectivity index (χ2n) is 7.83. The first-order valence-electron chi connectivity index (χ1n) is 10.6. The van der Waals surface area contributed by atoms with Gasteiger partial charge in [0.1, 0.15) is 6.07 Å². The number of ether oxygens (including phenoxy) is 1. The summed E-state index contributed by atoms with van der Waals surface area (Å²) in [6.45, 7) is 3.11. The van der Waals surface area contributed by atoms with Gasteiger partial charge in [0.05, 0.1) is 11.7 Å². The molecule has 1 aromatic rings. The summed E-state index contributed by atoms with van der Waals surface area (Å²) >= 11 is 0. The maximum Gasteiger partial charge on any atom is 0.176 e. The van der Waals surface area contributed by atoms with Crippen LogP contribution >= 0.6 is 0 Å². The molecule has 0 heterocycles. The lowest BCUT2D eigenvalue weighted by atomic mass is 9.83. The average molecular weight is 378 g/mol. The number of unbranched alkanes of at least 4 members (excludes halogenated alkanes) is 5. The standard InChI is InChI=1S/C23H33F2NO/c1-2-3-4-5-6-7-16-27-21-14-9-18(10-15-21)8-11-19-12-13-20(17-26)23(25)22(19)24/h12-13,18,21H,2-11,14-16H2,1H3/t18-,21-. The van der Waals surface area contributed by atoms with Crippen LogP contribution in [0.2, 0.25) is 0 Å². The zero-order valence-electron chi connectivity index (χ0n) is 16.6. The summed E-state index contributed by atoms with van der Waals surface area (Å²) in [7, 11) is 0. The minimum absolute atomic E-state index is 0.223. The predicted octanol–water partition coefficient (Wildman–Crippen LogP) is 6.70. The van der Waals surface area contributed by atoms with Crippen LogP contribution in [0.1, 0.15) is 88.7 Å². The number of nitrogens with zero attached hydrogens (tertiary/aromatic N) is 1. The molecule has 1 aliphatic carbocycles. The van der Waals surface area contributed by atoms with Gasteiger partial charge in [0, 0.05) is 6.61 Å². The van der Waals surface area contributed by atoms with Crippen molar-refractivity contribution in [2.24, 2.45) is 5.92 Å². The van der Waals surface area contributed by atoms with Crippen molar-refractivity contribution in [1.29, 1.82) is 5.26 Å². The second-order valence-corrected chi connectivity index (χ2v) is 7.83. The Bertz CT molecular complexity index is 603. The number of hydrogen-bond donors (Lipinski definition) is 0. The summed E-state index contributed by atoms with van der Waals surface area (Å²) in [5.74, 6) is -1.32. The lowest BCUT2D eigenvalue weighted by molar-refractivity contribution is 0.0153. The molecule has 0 spiro atoms. The normalized spacial score (nSPS) is 19.8. The Morgan fingerprint density at radius 3 is 2.41 bits per heavy atom. The molecule has 0 unspecified atom stereocenters. The number of nitriles is 1. The van der Waals surface area contributed by atoms with Crippen LogP contribution in [0.5, 0.6) is 0 Å². The molecule has 0 saturated heterocycles. The maximum atomic E-state index is 14.0. The first kappa shape index (κ1) is 21.8. The van der Waals surface area contributed by atoms with Gasteiger partial charge in [-0.05, 0) is 62.5 Å². The molecular formula is C23H33F2NO. The first-order chi connectivity index (χ1) is 13.2. The Morgan fingerprint density at radius 2 is 1.70 bits per heavy atom. The van der Waals surface area contributed by atoms with Crippen LogP contribution in [0.15, 0.2) is 12.1 Å². The van der Waals surface area contributed by atoms with Crippen molar-refractivity contribution in [3.8, 4) is 6.07 Å². The van der Waals surface area contributed by atoms with Crippen molar-refractivity contribution >= 4 is 0 Å². The van der Waals surface area contributed by atoms with Gasteiger partial charge in [-0.25, -0.2) is 8.78 Å². The number of halogens is 2. The maximum absolute atomic E-state index is 14.0. The van der Waals surface area contributed by atoms with Gasteiger partial charge in [-0.2, -0.15) is 5.26 Å². The summed E-state index contributed by atoms with van der Waals surface area (Å²) in [6.07, 6.45) is 13.8. The molecule has 2 nitrogen and oxygen atoms in total. The predicted molar refractivity (Wildman–Crippen MR) is 104 cm³/mol. The van der Waals surface area contributed by atoms with E-state index in [4.69, 9.17) is 10.00 Å². The van der Waals surface area contributed by atoms with Gasteiger partial charge in [-0.15, -0.1) is 0 Å². The molecule has 27 heavy (non-hydrogen) atoms. The van der Waals surface area contributed by atoms with E-state index in [2.05, 4.69) is 6.92 Å². The average Bonchev–Trinajstić information content (AvgIpc) is 2.69. The van der Waals surface area contributed by atoms with Gasteiger partial charge in [-0.1, -0.05) is 45.1 Å². The van der Waals surface area contributed by atoms with Crippen molar-refractivity contribution in [2.75, 3.05) is 6.61 Å². The largest absolute Gasteiger partial charge is 0.378 e. The van der Waals surface area contributed by atoms with Crippen LogP contribution < -0.4 is 0 Å². The summed E-state index contributed by atoms with van der Waals surface area (Å²) < 4.78 is 33.7. The van der Waals surface area contributed by atoms with E-state index in [1.54, 1.807) is 12.1 Å². The quantitative estimate of drug-likeness (QED) is 0.402. The van der Waals surface area contributed by atoms with E-state index in [1.807, 2.05) is 0 Å². The molecule has 0 N–H and O–H groups in total. The van der Waals surface area contributed by atoms with E-state index < -0.39 is 11.6 Å². The molecule has 0 aliphatic heterocycles. The summed E-state index contributed by atoms with van der Waals surface area (Å²) in [6, 6.07) is 4.60. The third-order valence-electron chi connectivity index (χ3n) is 5.75. The highest BCUT2D eigenvalue weighted by molar-refractivity contribution is 5.34. The lowest BCUT2D eigenvalue weighted by Crippen LogP contribution is -2.22. The Labute approximate surface area is 162 Å².